The summed E-state index contributed by atoms with van der Waals surface area (Å²) in [7, 11) is 0. The van der Waals surface area contributed by atoms with Crippen molar-refractivity contribution in [2.45, 2.75) is 75.5 Å². The van der Waals surface area contributed by atoms with E-state index in [1.54, 1.807) is 0 Å². The van der Waals surface area contributed by atoms with Crippen LogP contribution in [-0.4, -0.2) is 87.9 Å². The maximum absolute atomic E-state index is 12.9. The van der Waals surface area contributed by atoms with Gasteiger partial charge < -0.3 is 42.9 Å². The SMILES string of the molecule is NCCCCC(NC(=O)C1CCCN1C(=O)C(N)CC(=O)O)C(=O)NC(CCC(N)=O)C(=O)O. The van der Waals surface area contributed by atoms with Gasteiger partial charge in [-0.15, -0.1) is 0 Å². The smallest absolute Gasteiger partial charge is 0.326 e. The van der Waals surface area contributed by atoms with Crippen LogP contribution in [0.15, 0.2) is 0 Å². The van der Waals surface area contributed by atoms with Crippen molar-refractivity contribution in [3.8, 4) is 0 Å². The number of unbranched alkanes of at least 4 members (excludes halogenated alkanes) is 1. The highest BCUT2D eigenvalue weighted by Gasteiger charge is 2.38. The summed E-state index contributed by atoms with van der Waals surface area (Å²) in [6, 6.07) is -4.74. The summed E-state index contributed by atoms with van der Waals surface area (Å²) in [4.78, 5) is 72.8. The molecule has 34 heavy (non-hydrogen) atoms. The number of carboxylic acids is 2. The van der Waals surface area contributed by atoms with Crippen molar-refractivity contribution in [1.29, 1.82) is 0 Å². The normalized spacial score (nSPS) is 17.9. The standard InChI is InChI=1S/C20H34N6O8/c21-8-2-1-4-12(17(30)25-13(20(33)34)6-7-15(23)27)24-18(31)14-5-3-9-26(14)19(32)11(22)10-16(28)29/h11-14H,1-10,21-22H2,(H2,23,27)(H,24,31)(H,25,30)(H,28,29)(H,33,34). The molecule has 4 amide bonds. The second-order valence-electron chi connectivity index (χ2n) is 8.14. The molecule has 0 aromatic heterocycles. The monoisotopic (exact) mass is 486 g/mol. The van der Waals surface area contributed by atoms with Crippen LogP contribution in [0, 0.1) is 0 Å². The number of amides is 4. The lowest BCUT2D eigenvalue weighted by atomic mass is 10.1. The van der Waals surface area contributed by atoms with Crippen molar-refractivity contribution in [3.05, 3.63) is 0 Å². The van der Waals surface area contributed by atoms with Crippen LogP contribution in [0.5, 0.6) is 0 Å². The van der Waals surface area contributed by atoms with Crippen molar-refractivity contribution >= 4 is 35.6 Å². The number of primary amides is 1. The Bertz CT molecular complexity index is 776. The van der Waals surface area contributed by atoms with E-state index in [4.69, 9.17) is 22.3 Å². The van der Waals surface area contributed by atoms with E-state index in [-0.39, 0.29) is 25.8 Å². The molecule has 0 aromatic carbocycles. The summed E-state index contributed by atoms with van der Waals surface area (Å²) in [6.07, 6.45) is 0.911. The van der Waals surface area contributed by atoms with Crippen LogP contribution >= 0.6 is 0 Å². The number of likely N-dealkylation sites (tertiary alicyclic amines) is 1. The van der Waals surface area contributed by atoms with Crippen LogP contribution in [0.3, 0.4) is 0 Å². The summed E-state index contributed by atoms with van der Waals surface area (Å²) in [6.45, 7) is 0.563. The third-order valence-electron chi connectivity index (χ3n) is 5.42. The molecule has 0 aromatic rings. The Labute approximate surface area is 196 Å². The molecule has 1 rings (SSSR count). The second-order valence-corrected chi connectivity index (χ2v) is 8.14. The zero-order chi connectivity index (χ0) is 25.8. The first-order valence-electron chi connectivity index (χ1n) is 11.1. The van der Waals surface area contributed by atoms with Gasteiger partial charge in [-0.05, 0) is 45.1 Å². The lowest BCUT2D eigenvalue weighted by Gasteiger charge is -2.28. The maximum atomic E-state index is 12.9. The van der Waals surface area contributed by atoms with Gasteiger partial charge in [-0.3, -0.25) is 24.0 Å². The fourth-order valence-corrected chi connectivity index (χ4v) is 3.64. The molecular formula is C20H34N6O8. The van der Waals surface area contributed by atoms with Crippen molar-refractivity contribution in [1.82, 2.24) is 15.5 Å². The number of carbonyl (C=O) groups is 6. The van der Waals surface area contributed by atoms with Crippen LogP contribution < -0.4 is 27.8 Å². The topological polar surface area (TPSA) is 248 Å². The lowest BCUT2D eigenvalue weighted by Crippen LogP contribution is -2.56. The van der Waals surface area contributed by atoms with E-state index >= 15 is 0 Å². The highest BCUT2D eigenvalue weighted by atomic mass is 16.4. The molecule has 4 atom stereocenters. The maximum Gasteiger partial charge on any atom is 0.326 e. The predicted molar refractivity (Wildman–Crippen MR) is 118 cm³/mol. The van der Waals surface area contributed by atoms with Crippen molar-refractivity contribution < 1.29 is 39.0 Å². The predicted octanol–water partition coefficient (Wildman–Crippen LogP) is -2.77. The van der Waals surface area contributed by atoms with Gasteiger partial charge in [0.15, 0.2) is 0 Å². The van der Waals surface area contributed by atoms with Gasteiger partial charge in [0.25, 0.3) is 0 Å². The van der Waals surface area contributed by atoms with Gasteiger partial charge in [0.05, 0.1) is 12.5 Å². The summed E-state index contributed by atoms with van der Waals surface area (Å²) >= 11 is 0. The average Bonchev–Trinajstić information content (AvgIpc) is 3.24. The number of carbonyl (C=O) groups excluding carboxylic acids is 4. The van der Waals surface area contributed by atoms with Crippen molar-refractivity contribution in [3.63, 3.8) is 0 Å². The van der Waals surface area contributed by atoms with Crippen LogP contribution in [0.25, 0.3) is 0 Å². The zero-order valence-corrected chi connectivity index (χ0v) is 18.9. The Hall–Kier alpha value is -3.26. The first-order valence-corrected chi connectivity index (χ1v) is 11.1. The number of hydrogen-bond donors (Lipinski definition) is 7. The molecule has 192 valence electrons. The zero-order valence-electron chi connectivity index (χ0n) is 18.9. The number of carboxylic acid groups (broad SMARTS) is 2. The summed E-state index contributed by atoms with van der Waals surface area (Å²) < 4.78 is 0. The molecule has 1 saturated heterocycles. The van der Waals surface area contributed by atoms with E-state index < -0.39 is 66.2 Å². The largest absolute Gasteiger partial charge is 0.481 e. The molecule has 0 saturated carbocycles. The molecule has 1 aliphatic heterocycles. The minimum absolute atomic E-state index is 0.163. The molecule has 1 heterocycles. The summed E-state index contributed by atoms with van der Waals surface area (Å²) in [5.74, 6) is -5.41. The van der Waals surface area contributed by atoms with E-state index in [9.17, 15) is 33.9 Å². The van der Waals surface area contributed by atoms with Gasteiger partial charge in [-0.1, -0.05) is 0 Å². The van der Waals surface area contributed by atoms with Gasteiger partial charge >= 0.3 is 11.9 Å². The molecule has 1 aliphatic rings. The fourth-order valence-electron chi connectivity index (χ4n) is 3.64. The molecule has 14 nitrogen and oxygen atoms in total. The van der Waals surface area contributed by atoms with E-state index in [0.717, 1.165) is 0 Å². The van der Waals surface area contributed by atoms with Gasteiger partial charge in [0.1, 0.15) is 18.1 Å². The van der Waals surface area contributed by atoms with E-state index in [1.807, 2.05) is 0 Å². The van der Waals surface area contributed by atoms with Crippen LogP contribution in [0.4, 0.5) is 0 Å². The number of hydrogen-bond acceptors (Lipinski definition) is 8. The Morgan fingerprint density at radius 3 is 2.24 bits per heavy atom. The quantitative estimate of drug-likeness (QED) is 0.117. The highest BCUT2D eigenvalue weighted by Crippen LogP contribution is 2.19. The molecule has 0 radical (unpaired) electrons. The van der Waals surface area contributed by atoms with Crippen LogP contribution in [0.2, 0.25) is 0 Å². The molecule has 14 heteroatoms. The van der Waals surface area contributed by atoms with E-state index in [1.165, 1.54) is 4.90 Å². The molecule has 0 aliphatic carbocycles. The van der Waals surface area contributed by atoms with Gasteiger partial charge in [-0.2, -0.15) is 0 Å². The third-order valence-corrected chi connectivity index (χ3v) is 5.42. The average molecular weight is 487 g/mol. The lowest BCUT2D eigenvalue weighted by molar-refractivity contribution is -0.144. The molecule has 1 fully saturated rings. The fraction of sp³-hybridized carbons (Fsp3) is 0.700. The van der Waals surface area contributed by atoms with Crippen molar-refractivity contribution in [2.75, 3.05) is 13.1 Å². The first-order chi connectivity index (χ1) is 16.0. The summed E-state index contributed by atoms with van der Waals surface area (Å²) in [5.41, 5.74) is 16.2. The number of nitrogens with two attached hydrogens (primary N) is 3. The van der Waals surface area contributed by atoms with E-state index in [0.29, 0.717) is 32.2 Å². The number of nitrogens with one attached hydrogen (secondary N) is 2. The Kier molecular flexibility index (Phi) is 11.9. The first kappa shape index (κ1) is 28.8. The molecule has 0 spiro atoms. The molecule has 0 bridgehead atoms. The van der Waals surface area contributed by atoms with Gasteiger partial charge in [-0.25, -0.2) is 4.79 Å². The number of rotatable bonds is 15. The van der Waals surface area contributed by atoms with E-state index in [2.05, 4.69) is 10.6 Å². The molecule has 4 unspecified atom stereocenters. The van der Waals surface area contributed by atoms with Gasteiger partial charge in [0.2, 0.25) is 23.6 Å². The van der Waals surface area contributed by atoms with Gasteiger partial charge in [0, 0.05) is 13.0 Å². The molecule has 10 N–H and O–H groups in total. The Balaban J connectivity index is 2.91. The Morgan fingerprint density at radius 2 is 1.68 bits per heavy atom. The van der Waals surface area contributed by atoms with Crippen LogP contribution in [-0.2, 0) is 28.8 Å². The minimum atomic E-state index is -1.38. The van der Waals surface area contributed by atoms with Crippen LogP contribution in [0.1, 0.15) is 51.4 Å². The third kappa shape index (κ3) is 9.31. The highest BCUT2D eigenvalue weighted by molar-refractivity contribution is 5.95. The second kappa shape index (κ2) is 14.1. The number of aliphatic carboxylic acids is 2. The number of nitrogens with zero attached hydrogens (tertiary/aromatic N) is 1. The molecular weight excluding hydrogens is 452 g/mol. The minimum Gasteiger partial charge on any atom is -0.481 e. The van der Waals surface area contributed by atoms with Crippen molar-refractivity contribution in [2.24, 2.45) is 17.2 Å². The Morgan fingerprint density at radius 1 is 1.00 bits per heavy atom. The summed E-state index contributed by atoms with van der Waals surface area (Å²) in [5, 5.41) is 23.1.